The van der Waals surface area contributed by atoms with Gasteiger partial charge >= 0.3 is 0 Å². The average Bonchev–Trinajstić information content (AvgIpc) is 3.44. The first-order chi connectivity index (χ1) is 15.4. The van der Waals surface area contributed by atoms with Crippen molar-refractivity contribution in [2.24, 2.45) is 0 Å². The van der Waals surface area contributed by atoms with E-state index in [2.05, 4.69) is 5.32 Å². The molecule has 0 amide bonds. The molecule has 2 aromatic carbocycles. The molecule has 0 unspecified atom stereocenters. The fourth-order valence-corrected chi connectivity index (χ4v) is 6.70. The molecular formula is C23H16Cl2N2O3S2. The molecular weight excluding hydrogens is 487 g/mol. The highest BCUT2D eigenvalue weighted by Gasteiger charge is 2.39. The minimum atomic E-state index is -3.82. The zero-order valence-electron chi connectivity index (χ0n) is 16.4. The lowest BCUT2D eigenvalue weighted by Gasteiger charge is -2.22. The summed E-state index contributed by atoms with van der Waals surface area (Å²) >= 11 is 13.5. The molecule has 4 aromatic rings. The van der Waals surface area contributed by atoms with E-state index in [9.17, 15) is 13.2 Å². The molecule has 0 aliphatic carbocycles. The van der Waals surface area contributed by atoms with Gasteiger partial charge in [-0.3, -0.25) is 9.36 Å². The Morgan fingerprint density at radius 2 is 1.47 bits per heavy atom. The third-order valence-electron chi connectivity index (χ3n) is 5.51. The number of halogens is 2. The standard InChI is InChI=1S/C23H16Cl2N2O3S2/c24-16-5-1-14(2-6-16)21-22(15-3-7-17(25)8-4-15)27-20(28)10-9-19(23(27)26-21)32(29,30)18-11-12-31-13-18/h1-13,21-22,26H/t21-,22+/m1/s1. The molecule has 2 aromatic heterocycles. The lowest BCUT2D eigenvalue weighted by molar-refractivity contribution is 0.553. The molecule has 1 aliphatic rings. The van der Waals surface area contributed by atoms with Crippen LogP contribution in [0.4, 0.5) is 5.82 Å². The molecule has 5 nitrogen and oxygen atoms in total. The van der Waals surface area contributed by atoms with E-state index in [1.807, 2.05) is 24.3 Å². The highest BCUT2D eigenvalue weighted by atomic mass is 35.5. The van der Waals surface area contributed by atoms with Crippen molar-refractivity contribution in [3.05, 3.63) is 109 Å². The van der Waals surface area contributed by atoms with Crippen LogP contribution in [0.15, 0.2) is 92.1 Å². The van der Waals surface area contributed by atoms with Gasteiger partial charge in [-0.25, -0.2) is 8.42 Å². The Hall–Kier alpha value is -2.58. The van der Waals surface area contributed by atoms with E-state index in [0.29, 0.717) is 10.0 Å². The van der Waals surface area contributed by atoms with Crippen molar-refractivity contribution in [3.8, 4) is 0 Å². The third kappa shape index (κ3) is 3.55. The molecule has 0 spiro atoms. The van der Waals surface area contributed by atoms with Gasteiger partial charge in [0.1, 0.15) is 10.7 Å². The van der Waals surface area contributed by atoms with Gasteiger partial charge < -0.3 is 5.32 Å². The molecule has 5 rings (SSSR count). The number of nitrogens with one attached hydrogen (secondary N) is 1. The quantitative estimate of drug-likeness (QED) is 0.382. The van der Waals surface area contributed by atoms with Gasteiger partial charge in [0, 0.05) is 21.5 Å². The summed E-state index contributed by atoms with van der Waals surface area (Å²) in [6.45, 7) is 0. The Morgan fingerprint density at radius 1 is 0.844 bits per heavy atom. The van der Waals surface area contributed by atoms with Gasteiger partial charge in [0.15, 0.2) is 0 Å². The molecule has 0 fully saturated rings. The molecule has 2 atom stereocenters. The van der Waals surface area contributed by atoms with Crippen molar-refractivity contribution >= 4 is 50.2 Å². The molecule has 162 valence electrons. The van der Waals surface area contributed by atoms with Gasteiger partial charge in [-0.05, 0) is 52.9 Å². The minimum Gasteiger partial charge on any atom is -0.361 e. The maximum absolute atomic E-state index is 13.4. The number of hydrogen-bond donors (Lipinski definition) is 1. The van der Waals surface area contributed by atoms with Crippen molar-refractivity contribution in [3.63, 3.8) is 0 Å². The SMILES string of the molecule is O=c1ccc(S(=O)(=O)c2ccsc2)c2n1[C@@H](c1ccc(Cl)cc1)[C@@H](c1ccc(Cl)cc1)N2. The number of thiophene rings is 1. The molecule has 1 aliphatic heterocycles. The molecule has 0 saturated carbocycles. The van der Waals surface area contributed by atoms with Crippen molar-refractivity contribution < 1.29 is 8.42 Å². The average molecular weight is 503 g/mol. The molecule has 0 radical (unpaired) electrons. The number of pyridine rings is 1. The number of rotatable bonds is 4. The van der Waals surface area contributed by atoms with E-state index < -0.39 is 15.9 Å². The largest absolute Gasteiger partial charge is 0.361 e. The van der Waals surface area contributed by atoms with Crippen LogP contribution in [-0.2, 0) is 9.84 Å². The third-order valence-corrected chi connectivity index (χ3v) is 8.63. The van der Waals surface area contributed by atoms with Crippen molar-refractivity contribution in [1.82, 2.24) is 4.57 Å². The van der Waals surface area contributed by atoms with E-state index in [1.165, 1.54) is 28.0 Å². The van der Waals surface area contributed by atoms with Crippen LogP contribution in [0.3, 0.4) is 0 Å². The number of anilines is 1. The van der Waals surface area contributed by atoms with Crippen LogP contribution in [0.25, 0.3) is 0 Å². The summed E-state index contributed by atoms with van der Waals surface area (Å²) in [5.41, 5.74) is 1.40. The van der Waals surface area contributed by atoms with E-state index in [4.69, 9.17) is 23.2 Å². The number of sulfone groups is 1. The summed E-state index contributed by atoms with van der Waals surface area (Å²) in [4.78, 5) is 13.3. The molecule has 9 heteroatoms. The van der Waals surface area contributed by atoms with Gasteiger partial charge in [-0.2, -0.15) is 11.3 Å². The van der Waals surface area contributed by atoms with E-state index in [-0.39, 0.29) is 27.2 Å². The minimum absolute atomic E-state index is 0.0610. The number of benzene rings is 2. The first-order valence-electron chi connectivity index (χ1n) is 9.66. The fraction of sp³-hybridized carbons (Fsp3) is 0.0870. The number of aromatic nitrogens is 1. The van der Waals surface area contributed by atoms with Crippen LogP contribution in [-0.4, -0.2) is 13.0 Å². The van der Waals surface area contributed by atoms with Crippen LogP contribution < -0.4 is 10.9 Å². The van der Waals surface area contributed by atoms with E-state index in [0.717, 1.165) is 11.1 Å². The highest BCUT2D eigenvalue weighted by molar-refractivity contribution is 7.91. The Kier molecular flexibility index (Phi) is 5.37. The summed E-state index contributed by atoms with van der Waals surface area (Å²) in [5.74, 6) is 0.267. The topological polar surface area (TPSA) is 68.2 Å². The Balaban J connectivity index is 1.74. The summed E-state index contributed by atoms with van der Waals surface area (Å²) in [7, 11) is -3.82. The maximum atomic E-state index is 13.4. The fourth-order valence-electron chi connectivity index (χ4n) is 4.01. The molecule has 1 N–H and O–H groups in total. The van der Waals surface area contributed by atoms with Gasteiger partial charge in [-0.15, -0.1) is 0 Å². The number of fused-ring (bicyclic) bond motifs is 1. The van der Waals surface area contributed by atoms with Crippen LogP contribution in [0.1, 0.15) is 23.2 Å². The summed E-state index contributed by atoms with van der Waals surface area (Å²) in [6, 6.07) is 17.8. The van der Waals surface area contributed by atoms with Crippen LogP contribution in [0.5, 0.6) is 0 Å². The van der Waals surface area contributed by atoms with Gasteiger partial charge in [0.05, 0.1) is 17.0 Å². The summed E-state index contributed by atoms with van der Waals surface area (Å²) < 4.78 is 28.2. The molecule has 3 heterocycles. The van der Waals surface area contributed by atoms with Crippen LogP contribution in [0.2, 0.25) is 10.0 Å². The second-order valence-corrected chi connectivity index (χ2v) is 11.0. The normalized spacial score (nSPS) is 17.7. The van der Waals surface area contributed by atoms with E-state index in [1.54, 1.807) is 41.1 Å². The van der Waals surface area contributed by atoms with Crippen LogP contribution in [0, 0.1) is 0 Å². The molecule has 32 heavy (non-hydrogen) atoms. The van der Waals surface area contributed by atoms with Crippen molar-refractivity contribution in [2.75, 3.05) is 5.32 Å². The maximum Gasteiger partial charge on any atom is 0.252 e. The van der Waals surface area contributed by atoms with Gasteiger partial charge in [0.25, 0.3) is 5.56 Å². The zero-order valence-corrected chi connectivity index (χ0v) is 19.5. The van der Waals surface area contributed by atoms with Crippen LogP contribution >= 0.6 is 34.5 Å². The second-order valence-electron chi connectivity index (χ2n) is 7.39. The zero-order chi connectivity index (χ0) is 22.5. The molecule has 0 bridgehead atoms. The molecule has 0 saturated heterocycles. The Bertz CT molecular complexity index is 1450. The lowest BCUT2D eigenvalue weighted by Crippen LogP contribution is -2.24. The monoisotopic (exact) mass is 502 g/mol. The Morgan fingerprint density at radius 3 is 2.06 bits per heavy atom. The van der Waals surface area contributed by atoms with Crippen molar-refractivity contribution in [1.29, 1.82) is 0 Å². The van der Waals surface area contributed by atoms with Gasteiger partial charge in [0.2, 0.25) is 9.84 Å². The first kappa shape index (κ1) is 21.3. The van der Waals surface area contributed by atoms with Gasteiger partial charge in [-0.1, -0.05) is 47.5 Å². The smallest absolute Gasteiger partial charge is 0.252 e. The predicted molar refractivity (Wildman–Crippen MR) is 128 cm³/mol. The summed E-state index contributed by atoms with van der Waals surface area (Å²) in [5, 5.41) is 7.78. The highest BCUT2D eigenvalue weighted by Crippen LogP contribution is 2.44. The van der Waals surface area contributed by atoms with E-state index >= 15 is 0 Å². The second kappa shape index (κ2) is 8.08. The number of nitrogens with zero attached hydrogens (tertiary/aromatic N) is 1. The van der Waals surface area contributed by atoms with Crippen molar-refractivity contribution in [2.45, 2.75) is 21.9 Å². The lowest BCUT2D eigenvalue weighted by atomic mass is 9.94. The first-order valence-corrected chi connectivity index (χ1v) is 12.8. The predicted octanol–water partition coefficient (Wildman–Crippen LogP) is 5.81. The number of hydrogen-bond acceptors (Lipinski definition) is 5. The Labute approximate surface area is 198 Å². The summed E-state index contributed by atoms with van der Waals surface area (Å²) in [6.07, 6.45) is 0.